The van der Waals surface area contributed by atoms with E-state index in [1.807, 2.05) is 28.0 Å². The molecule has 0 spiro atoms. The van der Waals surface area contributed by atoms with Crippen molar-refractivity contribution in [3.8, 4) is 0 Å². The Bertz CT molecular complexity index is 1250. The van der Waals surface area contributed by atoms with E-state index in [4.69, 9.17) is 9.47 Å². The highest BCUT2D eigenvalue weighted by atomic mass is 16.5. The minimum Gasteiger partial charge on any atom is -0.468 e. The Morgan fingerprint density at radius 3 is 1.68 bits per heavy atom. The molecule has 2 saturated heterocycles. The monoisotopic (exact) mass is 515 g/mol. The number of hydrogen-bond acceptors (Lipinski definition) is 10. The second-order valence-electron chi connectivity index (χ2n) is 9.70. The van der Waals surface area contributed by atoms with Gasteiger partial charge in [-0.05, 0) is 43.4 Å². The molecule has 10 nitrogen and oxygen atoms in total. The second kappa shape index (κ2) is 10.0. The van der Waals surface area contributed by atoms with Crippen LogP contribution in [-0.2, 0) is 30.4 Å². The number of ether oxygens (including phenoxy) is 2. The van der Waals surface area contributed by atoms with E-state index in [0.717, 1.165) is 5.69 Å². The highest BCUT2D eigenvalue weighted by Crippen LogP contribution is 2.60. The molecule has 5 heterocycles. The first-order chi connectivity index (χ1) is 18.4. The molecule has 0 N–H and O–H groups in total. The summed E-state index contributed by atoms with van der Waals surface area (Å²) in [7, 11) is 4.29. The first kappa shape index (κ1) is 25.6. The summed E-state index contributed by atoms with van der Waals surface area (Å²) in [6.07, 6.45) is 4.91. The van der Waals surface area contributed by atoms with E-state index < -0.39 is 40.6 Å². The number of ketones is 1. The lowest BCUT2D eigenvalue weighted by molar-refractivity contribution is -0.204. The maximum Gasteiger partial charge on any atom is 0.322 e. The number of esters is 2. The zero-order valence-electron chi connectivity index (χ0n) is 21.5. The van der Waals surface area contributed by atoms with E-state index in [1.165, 1.54) is 14.2 Å². The summed E-state index contributed by atoms with van der Waals surface area (Å²) in [5.41, 5.74) is -1.80. The third kappa shape index (κ3) is 3.79. The quantitative estimate of drug-likeness (QED) is 0.357. The van der Waals surface area contributed by atoms with Crippen LogP contribution in [0.5, 0.6) is 0 Å². The zero-order chi connectivity index (χ0) is 26.9. The SMILES string of the molecule is COC(=O)[C@@]12CN(Cc3ccccn3)C[C@@](C(=O)OC)(C1=O)C(c1ccccn1)N(C)C2c1ccccn1. The molecule has 2 fully saturated rings. The van der Waals surface area contributed by atoms with Gasteiger partial charge in [-0.15, -0.1) is 0 Å². The molecule has 38 heavy (non-hydrogen) atoms. The van der Waals surface area contributed by atoms with Crippen molar-refractivity contribution in [1.29, 1.82) is 0 Å². The minimum atomic E-state index is -1.77. The number of Topliss-reactive ketones (excluding diaryl/α,β-unsaturated/α-hetero) is 1. The Morgan fingerprint density at radius 1 is 0.816 bits per heavy atom. The van der Waals surface area contributed by atoms with Crippen molar-refractivity contribution in [1.82, 2.24) is 24.8 Å². The van der Waals surface area contributed by atoms with E-state index in [2.05, 4.69) is 15.0 Å². The molecule has 4 atom stereocenters. The summed E-state index contributed by atoms with van der Waals surface area (Å²) in [5.74, 6) is -2.02. The molecular weight excluding hydrogens is 486 g/mol. The fraction of sp³-hybridized carbons (Fsp3) is 0.357. The van der Waals surface area contributed by atoms with Crippen LogP contribution in [-0.4, -0.2) is 76.8 Å². The van der Waals surface area contributed by atoms with E-state index in [-0.39, 0.29) is 13.1 Å². The van der Waals surface area contributed by atoms with E-state index in [1.54, 1.807) is 62.0 Å². The third-order valence-electron chi connectivity index (χ3n) is 7.65. The molecular formula is C28H29N5O5. The van der Waals surface area contributed by atoms with Gasteiger partial charge in [0.25, 0.3) is 0 Å². The molecule has 2 unspecified atom stereocenters. The minimum absolute atomic E-state index is 0.00828. The lowest BCUT2D eigenvalue weighted by Gasteiger charge is -2.60. The van der Waals surface area contributed by atoms with Crippen molar-refractivity contribution in [3.63, 3.8) is 0 Å². The van der Waals surface area contributed by atoms with E-state index in [9.17, 15) is 14.4 Å². The zero-order valence-corrected chi connectivity index (χ0v) is 21.5. The normalized spacial score (nSPS) is 27.5. The number of piperidine rings is 2. The molecule has 196 valence electrons. The molecule has 0 radical (unpaired) electrons. The molecule has 2 aliphatic rings. The van der Waals surface area contributed by atoms with Gasteiger partial charge in [-0.1, -0.05) is 18.2 Å². The van der Waals surface area contributed by atoms with Gasteiger partial charge in [0.15, 0.2) is 16.6 Å². The number of likely N-dealkylation sites (tertiary alicyclic amines) is 2. The van der Waals surface area contributed by atoms with Gasteiger partial charge in [0.05, 0.1) is 43.4 Å². The molecule has 2 bridgehead atoms. The fourth-order valence-corrected chi connectivity index (χ4v) is 6.30. The van der Waals surface area contributed by atoms with Crippen molar-refractivity contribution < 1.29 is 23.9 Å². The van der Waals surface area contributed by atoms with E-state index in [0.29, 0.717) is 17.9 Å². The molecule has 3 aromatic rings. The van der Waals surface area contributed by atoms with Crippen LogP contribution in [0, 0.1) is 10.8 Å². The number of hydrogen-bond donors (Lipinski definition) is 0. The fourth-order valence-electron chi connectivity index (χ4n) is 6.30. The second-order valence-corrected chi connectivity index (χ2v) is 9.70. The lowest BCUT2D eigenvalue weighted by Crippen LogP contribution is -2.75. The van der Waals surface area contributed by atoms with Crippen LogP contribution in [0.1, 0.15) is 29.2 Å². The Hall–Kier alpha value is -4.02. The van der Waals surface area contributed by atoms with Gasteiger partial charge >= 0.3 is 11.9 Å². The third-order valence-corrected chi connectivity index (χ3v) is 7.65. The van der Waals surface area contributed by atoms with Gasteiger partial charge in [-0.2, -0.15) is 0 Å². The Balaban J connectivity index is 1.80. The average Bonchev–Trinajstić information content (AvgIpc) is 2.95. The van der Waals surface area contributed by atoms with Gasteiger partial charge in [0.2, 0.25) is 0 Å². The smallest absolute Gasteiger partial charge is 0.322 e. The molecule has 0 saturated carbocycles. The molecule has 0 amide bonds. The van der Waals surface area contributed by atoms with Crippen molar-refractivity contribution in [2.75, 3.05) is 34.4 Å². The van der Waals surface area contributed by atoms with Crippen molar-refractivity contribution in [2.45, 2.75) is 18.6 Å². The summed E-state index contributed by atoms with van der Waals surface area (Å²) in [4.78, 5) is 59.8. The number of aromatic nitrogens is 3. The number of carbonyl (C=O) groups excluding carboxylic acids is 3. The van der Waals surface area contributed by atoms with E-state index >= 15 is 0 Å². The predicted octanol–water partition coefficient (Wildman–Crippen LogP) is 2.00. The Kier molecular flexibility index (Phi) is 6.77. The van der Waals surface area contributed by atoms with Crippen LogP contribution in [0.3, 0.4) is 0 Å². The number of fused-ring (bicyclic) bond motifs is 2. The number of methoxy groups -OCH3 is 2. The number of carbonyl (C=O) groups is 3. The molecule has 3 aromatic heterocycles. The van der Waals surface area contributed by atoms with Gasteiger partial charge in [0, 0.05) is 38.2 Å². The van der Waals surface area contributed by atoms with Crippen LogP contribution in [0.25, 0.3) is 0 Å². The first-order valence-corrected chi connectivity index (χ1v) is 12.3. The summed E-state index contributed by atoms with van der Waals surface area (Å²) >= 11 is 0. The molecule has 10 heteroatoms. The van der Waals surface area contributed by atoms with Crippen molar-refractivity contribution in [3.05, 3.63) is 90.3 Å². The van der Waals surface area contributed by atoms with Crippen molar-refractivity contribution in [2.24, 2.45) is 10.8 Å². The van der Waals surface area contributed by atoms with Gasteiger partial charge in [-0.25, -0.2) is 0 Å². The van der Waals surface area contributed by atoms with Gasteiger partial charge in [-0.3, -0.25) is 39.1 Å². The topological polar surface area (TPSA) is 115 Å². The standard InChI is InChI=1S/C28H29N5O5/c1-32-22(20-11-5-8-14-30-20)27(25(35)37-2)17-33(16-19-10-4-7-13-29-19)18-28(24(27)34,26(36)38-3)23(32)21-12-6-9-15-31-21/h4-15,22-23H,16-18H2,1-3H3/t22?,23?,27-,28+. The summed E-state index contributed by atoms with van der Waals surface area (Å²) in [5, 5.41) is 0. The predicted molar refractivity (Wildman–Crippen MR) is 135 cm³/mol. The summed E-state index contributed by atoms with van der Waals surface area (Å²) < 4.78 is 10.6. The maximum absolute atomic E-state index is 14.8. The molecule has 5 rings (SSSR count). The Morgan fingerprint density at radius 2 is 1.29 bits per heavy atom. The first-order valence-electron chi connectivity index (χ1n) is 12.3. The molecule has 2 aliphatic heterocycles. The van der Waals surface area contributed by atoms with Gasteiger partial charge in [0.1, 0.15) is 0 Å². The average molecular weight is 516 g/mol. The van der Waals surface area contributed by atoms with Crippen LogP contribution in [0.15, 0.2) is 73.2 Å². The molecule has 0 aromatic carbocycles. The Labute approximate surface area is 220 Å². The largest absolute Gasteiger partial charge is 0.468 e. The van der Waals surface area contributed by atoms with Gasteiger partial charge < -0.3 is 9.47 Å². The van der Waals surface area contributed by atoms with Crippen LogP contribution in [0.4, 0.5) is 0 Å². The van der Waals surface area contributed by atoms with Crippen molar-refractivity contribution >= 4 is 17.7 Å². The number of nitrogens with zero attached hydrogens (tertiary/aromatic N) is 5. The summed E-state index contributed by atoms with van der Waals surface area (Å²) in [6.45, 7) is 0.321. The lowest BCUT2D eigenvalue weighted by atomic mass is 9.54. The highest BCUT2D eigenvalue weighted by Gasteiger charge is 2.75. The highest BCUT2D eigenvalue weighted by molar-refractivity contribution is 6.17. The number of rotatable bonds is 6. The van der Waals surface area contributed by atoms with Crippen LogP contribution >= 0.6 is 0 Å². The molecule has 0 aliphatic carbocycles. The maximum atomic E-state index is 14.8. The number of pyridine rings is 3. The van der Waals surface area contributed by atoms with Crippen LogP contribution < -0.4 is 0 Å². The summed E-state index contributed by atoms with van der Waals surface area (Å²) in [6, 6.07) is 14.5. The van der Waals surface area contributed by atoms with Crippen LogP contribution in [0.2, 0.25) is 0 Å².